The lowest BCUT2D eigenvalue weighted by Gasteiger charge is -1.97. The van der Waals surface area contributed by atoms with Crippen molar-refractivity contribution in [1.82, 2.24) is 15.5 Å². The molecule has 6 heteroatoms. The molecule has 0 radical (unpaired) electrons. The number of hydrogen-bond acceptors (Lipinski definition) is 5. The van der Waals surface area contributed by atoms with Gasteiger partial charge in [0.05, 0.1) is 0 Å². The van der Waals surface area contributed by atoms with Gasteiger partial charge in [-0.05, 0) is 19.3 Å². The topological polar surface area (TPSA) is 54.9 Å². The van der Waals surface area contributed by atoms with Gasteiger partial charge in [-0.3, -0.25) is 4.79 Å². The molecule has 2 rings (SSSR count). The highest BCUT2D eigenvalue weighted by molar-refractivity contribution is 8.01. The molecular weight excluding hydrogens is 254 g/mol. The molecule has 0 aliphatic heterocycles. The SMILES string of the molecule is CCCCCSc1nnc(C(=O)NC2CC2)s1. The molecule has 1 aliphatic rings. The third-order valence-corrected chi connectivity index (χ3v) is 4.63. The highest BCUT2D eigenvalue weighted by atomic mass is 32.2. The van der Waals surface area contributed by atoms with Crippen LogP contribution in [0.1, 0.15) is 48.8 Å². The first-order valence-electron chi connectivity index (χ1n) is 6.06. The van der Waals surface area contributed by atoms with Crippen LogP contribution in [0.3, 0.4) is 0 Å². The Morgan fingerprint density at radius 2 is 2.29 bits per heavy atom. The van der Waals surface area contributed by atoms with Crippen molar-refractivity contribution in [2.24, 2.45) is 0 Å². The standard InChI is InChI=1S/C11H17N3OS2/c1-2-3-4-7-16-11-14-13-10(17-11)9(15)12-8-5-6-8/h8H,2-7H2,1H3,(H,12,15). The Kier molecular flexibility index (Phi) is 4.79. The molecule has 1 heterocycles. The van der Waals surface area contributed by atoms with E-state index in [9.17, 15) is 4.79 Å². The normalized spacial score (nSPS) is 14.9. The summed E-state index contributed by atoms with van der Waals surface area (Å²) in [5.74, 6) is 0.998. The number of nitrogens with zero attached hydrogens (tertiary/aromatic N) is 2. The van der Waals surface area contributed by atoms with Crippen molar-refractivity contribution >= 4 is 29.0 Å². The van der Waals surface area contributed by atoms with Gasteiger partial charge in [0, 0.05) is 11.8 Å². The minimum atomic E-state index is -0.0644. The fourth-order valence-electron chi connectivity index (χ4n) is 1.35. The predicted octanol–water partition coefficient (Wildman–Crippen LogP) is 2.71. The average molecular weight is 271 g/mol. The zero-order valence-electron chi connectivity index (χ0n) is 9.94. The van der Waals surface area contributed by atoms with Gasteiger partial charge in [-0.1, -0.05) is 42.9 Å². The van der Waals surface area contributed by atoms with E-state index in [1.807, 2.05) is 0 Å². The Labute approximate surface area is 110 Å². The van der Waals surface area contributed by atoms with Gasteiger partial charge >= 0.3 is 0 Å². The van der Waals surface area contributed by atoms with Gasteiger partial charge in [0.2, 0.25) is 5.01 Å². The van der Waals surface area contributed by atoms with Crippen LogP contribution in [0, 0.1) is 0 Å². The van der Waals surface area contributed by atoms with Crippen molar-refractivity contribution < 1.29 is 4.79 Å². The van der Waals surface area contributed by atoms with E-state index in [2.05, 4.69) is 22.4 Å². The van der Waals surface area contributed by atoms with Crippen molar-refractivity contribution in [3.05, 3.63) is 5.01 Å². The summed E-state index contributed by atoms with van der Waals surface area (Å²) in [6.07, 6.45) is 5.88. The maximum absolute atomic E-state index is 11.7. The molecule has 17 heavy (non-hydrogen) atoms. The van der Waals surface area contributed by atoms with Crippen LogP contribution in [-0.4, -0.2) is 27.9 Å². The van der Waals surface area contributed by atoms with Crippen molar-refractivity contribution in [3.63, 3.8) is 0 Å². The number of carbonyl (C=O) groups is 1. The Bertz CT molecular complexity index is 377. The average Bonchev–Trinajstić information content (AvgIpc) is 3.00. The molecule has 0 bridgehead atoms. The van der Waals surface area contributed by atoms with Crippen molar-refractivity contribution in [1.29, 1.82) is 0 Å². The van der Waals surface area contributed by atoms with Crippen LogP contribution in [0.15, 0.2) is 4.34 Å². The summed E-state index contributed by atoms with van der Waals surface area (Å²) >= 11 is 3.10. The first-order valence-corrected chi connectivity index (χ1v) is 7.87. The zero-order valence-corrected chi connectivity index (χ0v) is 11.6. The molecule has 1 aliphatic carbocycles. The van der Waals surface area contributed by atoms with Gasteiger partial charge in [-0.2, -0.15) is 0 Å². The molecule has 1 amide bonds. The Morgan fingerprint density at radius 3 is 3.00 bits per heavy atom. The van der Waals surface area contributed by atoms with E-state index in [1.54, 1.807) is 11.8 Å². The minimum absolute atomic E-state index is 0.0644. The lowest BCUT2D eigenvalue weighted by Crippen LogP contribution is -2.25. The fourth-order valence-corrected chi connectivity index (χ4v) is 3.17. The molecule has 94 valence electrons. The van der Waals surface area contributed by atoms with Crippen molar-refractivity contribution in [3.8, 4) is 0 Å². The van der Waals surface area contributed by atoms with Gasteiger partial charge in [0.15, 0.2) is 4.34 Å². The Morgan fingerprint density at radius 1 is 1.47 bits per heavy atom. The van der Waals surface area contributed by atoms with E-state index in [1.165, 1.54) is 30.6 Å². The summed E-state index contributed by atoms with van der Waals surface area (Å²) in [6.45, 7) is 2.19. The van der Waals surface area contributed by atoms with E-state index in [0.717, 1.165) is 22.9 Å². The molecule has 1 N–H and O–H groups in total. The molecule has 0 unspecified atom stereocenters. The smallest absolute Gasteiger partial charge is 0.282 e. The maximum atomic E-state index is 11.7. The van der Waals surface area contributed by atoms with E-state index in [4.69, 9.17) is 0 Å². The number of rotatable bonds is 7. The summed E-state index contributed by atoms with van der Waals surface area (Å²) in [5.41, 5.74) is 0. The van der Waals surface area contributed by atoms with Crippen LogP contribution in [-0.2, 0) is 0 Å². The fraction of sp³-hybridized carbons (Fsp3) is 0.727. The second kappa shape index (κ2) is 6.35. The van der Waals surface area contributed by atoms with Gasteiger partial charge in [-0.15, -0.1) is 10.2 Å². The molecule has 4 nitrogen and oxygen atoms in total. The van der Waals surface area contributed by atoms with Gasteiger partial charge in [0.1, 0.15) is 0 Å². The van der Waals surface area contributed by atoms with Crippen LogP contribution >= 0.6 is 23.1 Å². The number of amides is 1. The quantitative estimate of drug-likeness (QED) is 0.612. The summed E-state index contributed by atoms with van der Waals surface area (Å²) in [4.78, 5) is 11.7. The second-order valence-electron chi connectivity index (χ2n) is 4.18. The predicted molar refractivity (Wildman–Crippen MR) is 70.6 cm³/mol. The van der Waals surface area contributed by atoms with Gasteiger partial charge in [-0.25, -0.2) is 0 Å². The van der Waals surface area contributed by atoms with Crippen LogP contribution in [0.4, 0.5) is 0 Å². The first kappa shape index (κ1) is 12.8. The summed E-state index contributed by atoms with van der Waals surface area (Å²) in [6, 6.07) is 0.382. The third kappa shape index (κ3) is 4.27. The Hall–Kier alpha value is -0.620. The molecule has 1 aromatic heterocycles. The van der Waals surface area contributed by atoms with E-state index in [-0.39, 0.29) is 5.91 Å². The number of hydrogen-bond donors (Lipinski definition) is 1. The molecule has 1 aromatic rings. The van der Waals surface area contributed by atoms with Gasteiger partial charge in [0.25, 0.3) is 5.91 Å². The van der Waals surface area contributed by atoms with Crippen LogP contribution in [0.25, 0.3) is 0 Å². The molecule has 0 atom stereocenters. The van der Waals surface area contributed by atoms with Crippen molar-refractivity contribution in [2.75, 3.05) is 5.75 Å². The largest absolute Gasteiger partial charge is 0.347 e. The monoisotopic (exact) mass is 271 g/mol. The van der Waals surface area contributed by atoms with E-state index in [0.29, 0.717) is 11.0 Å². The maximum Gasteiger partial charge on any atom is 0.282 e. The second-order valence-corrected chi connectivity index (χ2v) is 6.50. The molecule has 0 spiro atoms. The molecule has 0 aromatic carbocycles. The number of thioether (sulfide) groups is 1. The van der Waals surface area contributed by atoms with Crippen LogP contribution in [0.2, 0.25) is 0 Å². The van der Waals surface area contributed by atoms with E-state index < -0.39 is 0 Å². The molecule has 1 saturated carbocycles. The number of aromatic nitrogens is 2. The molecule has 1 fully saturated rings. The highest BCUT2D eigenvalue weighted by Crippen LogP contribution is 2.25. The molecular formula is C11H17N3OS2. The summed E-state index contributed by atoms with van der Waals surface area (Å²) < 4.78 is 0.905. The molecule has 0 saturated heterocycles. The first-order chi connectivity index (χ1) is 8.29. The summed E-state index contributed by atoms with van der Waals surface area (Å²) in [5, 5.41) is 11.4. The lowest BCUT2D eigenvalue weighted by atomic mass is 10.3. The lowest BCUT2D eigenvalue weighted by molar-refractivity contribution is 0.0950. The Balaban J connectivity index is 1.76. The number of unbranched alkanes of at least 4 members (excludes halogenated alkanes) is 2. The zero-order chi connectivity index (χ0) is 12.1. The number of carbonyl (C=O) groups excluding carboxylic acids is 1. The highest BCUT2D eigenvalue weighted by Gasteiger charge is 2.25. The third-order valence-electron chi connectivity index (χ3n) is 2.49. The summed E-state index contributed by atoms with van der Waals surface area (Å²) in [7, 11) is 0. The van der Waals surface area contributed by atoms with Crippen LogP contribution in [0.5, 0.6) is 0 Å². The van der Waals surface area contributed by atoms with Crippen molar-refractivity contribution in [2.45, 2.75) is 49.4 Å². The van der Waals surface area contributed by atoms with Gasteiger partial charge < -0.3 is 5.32 Å². The number of nitrogens with one attached hydrogen (secondary N) is 1. The van der Waals surface area contributed by atoms with Crippen LogP contribution < -0.4 is 5.32 Å². The minimum Gasteiger partial charge on any atom is -0.347 e. The van der Waals surface area contributed by atoms with E-state index >= 15 is 0 Å².